The molecule has 0 fully saturated rings. The summed E-state index contributed by atoms with van der Waals surface area (Å²) in [4.78, 5) is 14.8. The number of carbonyl (C=O) groups is 1. The van der Waals surface area contributed by atoms with Gasteiger partial charge in [0.05, 0.1) is 12.8 Å². The van der Waals surface area contributed by atoms with Crippen LogP contribution in [0.2, 0.25) is 0 Å². The summed E-state index contributed by atoms with van der Waals surface area (Å²) in [6.45, 7) is 2.52. The molecule has 2 amide bonds. The molecule has 4 rings (SSSR count). The molecule has 166 valence electrons. The lowest BCUT2D eigenvalue weighted by Gasteiger charge is -2.44. The lowest BCUT2D eigenvalue weighted by Crippen LogP contribution is -2.45. The molecule has 3 aromatic carbocycles. The first-order valence-corrected chi connectivity index (χ1v) is 11.1. The molecule has 0 bridgehead atoms. The van der Waals surface area contributed by atoms with Crippen LogP contribution in [0.5, 0.6) is 5.75 Å². The van der Waals surface area contributed by atoms with Gasteiger partial charge in [-0.3, -0.25) is 0 Å². The highest BCUT2D eigenvalue weighted by molar-refractivity contribution is 5.90. The van der Waals surface area contributed by atoms with E-state index in [0.29, 0.717) is 18.0 Å². The van der Waals surface area contributed by atoms with Gasteiger partial charge in [0.25, 0.3) is 0 Å². The van der Waals surface area contributed by atoms with Crippen LogP contribution in [0.3, 0.4) is 0 Å². The van der Waals surface area contributed by atoms with Crippen LogP contribution in [0.1, 0.15) is 29.5 Å². The molecule has 0 saturated carbocycles. The first kappa shape index (κ1) is 21.9. The number of anilines is 1. The van der Waals surface area contributed by atoms with Crippen molar-refractivity contribution in [1.29, 1.82) is 0 Å². The second kappa shape index (κ2) is 9.88. The van der Waals surface area contributed by atoms with Gasteiger partial charge in [0.2, 0.25) is 0 Å². The van der Waals surface area contributed by atoms with Crippen LogP contribution in [0, 0.1) is 0 Å². The largest absolute Gasteiger partial charge is 0.495 e. The van der Waals surface area contributed by atoms with Crippen LogP contribution in [0.4, 0.5) is 10.5 Å². The number of ether oxygens (including phenoxy) is 1. The Kier molecular flexibility index (Phi) is 6.76. The fourth-order valence-corrected chi connectivity index (χ4v) is 4.89. The first-order chi connectivity index (χ1) is 15.6. The van der Waals surface area contributed by atoms with E-state index in [1.54, 1.807) is 7.11 Å². The fraction of sp³-hybridized carbons (Fsp3) is 0.296. The lowest BCUT2D eigenvalue weighted by atomic mass is 9.67. The Morgan fingerprint density at radius 2 is 1.72 bits per heavy atom. The number of rotatable bonds is 7. The maximum absolute atomic E-state index is 12.4. The fourth-order valence-electron chi connectivity index (χ4n) is 4.89. The summed E-state index contributed by atoms with van der Waals surface area (Å²) >= 11 is 0. The number of hydrogen-bond acceptors (Lipinski definition) is 3. The van der Waals surface area contributed by atoms with Crippen molar-refractivity contribution in [2.75, 3.05) is 32.6 Å². The van der Waals surface area contributed by atoms with Gasteiger partial charge in [0.15, 0.2) is 0 Å². The number of hydrogen-bond donors (Lipinski definition) is 2. The molecule has 2 N–H and O–H groups in total. The van der Waals surface area contributed by atoms with Gasteiger partial charge in [0.1, 0.15) is 5.75 Å². The predicted molar refractivity (Wildman–Crippen MR) is 129 cm³/mol. The summed E-state index contributed by atoms with van der Waals surface area (Å²) in [5.74, 6) is 0.646. The summed E-state index contributed by atoms with van der Waals surface area (Å²) in [5, 5.41) is 5.89. The summed E-state index contributed by atoms with van der Waals surface area (Å²) in [5.41, 5.74) is 4.69. The number of amides is 2. The van der Waals surface area contributed by atoms with Crippen LogP contribution in [0.25, 0.3) is 0 Å². The normalized spacial score (nSPS) is 17.9. The number of nitrogens with zero attached hydrogens (tertiary/aromatic N) is 1. The number of likely N-dealkylation sites (N-methyl/N-ethyl adjacent to an activating group) is 1. The topological polar surface area (TPSA) is 53.6 Å². The van der Waals surface area contributed by atoms with Crippen molar-refractivity contribution >= 4 is 11.7 Å². The van der Waals surface area contributed by atoms with E-state index in [2.05, 4.69) is 77.2 Å². The zero-order valence-electron chi connectivity index (χ0n) is 18.8. The van der Waals surface area contributed by atoms with Crippen molar-refractivity contribution in [2.45, 2.75) is 24.8 Å². The standard InChI is InChI=1S/C27H31N3O2/c1-30-19-21-11-6-7-14-23(21)27(20-30,22-12-4-3-5-13-22)17-10-18-28-26(31)29-24-15-8-9-16-25(24)32-2/h3-9,11-16H,10,17-20H2,1-2H3,(H2,28,29,31). The number of carbonyl (C=O) groups excluding carboxylic acids is 1. The van der Waals surface area contributed by atoms with E-state index in [0.717, 1.165) is 25.9 Å². The highest BCUT2D eigenvalue weighted by Crippen LogP contribution is 2.42. The van der Waals surface area contributed by atoms with Gasteiger partial charge in [-0.25, -0.2) is 4.79 Å². The van der Waals surface area contributed by atoms with E-state index in [9.17, 15) is 4.79 Å². The molecule has 1 aliphatic rings. The minimum atomic E-state index is -0.218. The molecule has 3 aromatic rings. The zero-order valence-corrected chi connectivity index (χ0v) is 18.8. The Hall–Kier alpha value is -3.31. The molecule has 32 heavy (non-hydrogen) atoms. The molecule has 1 heterocycles. The number of methoxy groups -OCH3 is 1. The number of nitrogens with one attached hydrogen (secondary N) is 2. The van der Waals surface area contributed by atoms with Crippen LogP contribution in [-0.2, 0) is 12.0 Å². The minimum absolute atomic E-state index is 0.0916. The monoisotopic (exact) mass is 429 g/mol. The smallest absolute Gasteiger partial charge is 0.319 e. The summed E-state index contributed by atoms with van der Waals surface area (Å²) < 4.78 is 5.31. The minimum Gasteiger partial charge on any atom is -0.495 e. The molecule has 0 saturated heterocycles. The van der Waals surface area contributed by atoms with Gasteiger partial charge in [-0.2, -0.15) is 0 Å². The van der Waals surface area contributed by atoms with Crippen LogP contribution < -0.4 is 15.4 Å². The van der Waals surface area contributed by atoms with E-state index in [-0.39, 0.29) is 11.4 Å². The predicted octanol–water partition coefficient (Wildman–Crippen LogP) is 5.03. The average molecular weight is 430 g/mol. The Labute approximate surface area is 190 Å². The second-order valence-electron chi connectivity index (χ2n) is 8.46. The van der Waals surface area contributed by atoms with Gasteiger partial charge in [-0.15, -0.1) is 0 Å². The van der Waals surface area contributed by atoms with Crippen LogP contribution in [0.15, 0.2) is 78.9 Å². The second-order valence-corrected chi connectivity index (χ2v) is 8.46. The Balaban J connectivity index is 1.46. The molecular formula is C27H31N3O2. The zero-order chi connectivity index (χ0) is 22.4. The third kappa shape index (κ3) is 4.63. The van der Waals surface area contributed by atoms with Crippen molar-refractivity contribution in [1.82, 2.24) is 10.2 Å². The molecule has 1 atom stereocenters. The van der Waals surface area contributed by atoms with Crippen molar-refractivity contribution in [3.05, 3.63) is 95.6 Å². The number of urea groups is 1. The van der Waals surface area contributed by atoms with Crippen LogP contribution in [-0.4, -0.2) is 38.2 Å². The highest BCUT2D eigenvalue weighted by atomic mass is 16.5. The molecule has 1 aliphatic heterocycles. The van der Waals surface area contributed by atoms with E-state index in [1.807, 2.05) is 24.3 Å². The SMILES string of the molecule is COc1ccccc1NC(=O)NCCCC1(c2ccccc2)CN(C)Cc2ccccc21. The van der Waals surface area contributed by atoms with Gasteiger partial charge in [-0.1, -0.05) is 66.7 Å². The molecule has 0 aromatic heterocycles. The maximum atomic E-state index is 12.4. The number of para-hydroxylation sites is 2. The highest BCUT2D eigenvalue weighted by Gasteiger charge is 2.39. The third-order valence-electron chi connectivity index (χ3n) is 6.26. The summed E-state index contributed by atoms with van der Waals surface area (Å²) in [7, 11) is 3.78. The molecule has 5 heteroatoms. The van der Waals surface area contributed by atoms with Crippen molar-refractivity contribution in [3.63, 3.8) is 0 Å². The molecular weight excluding hydrogens is 398 g/mol. The first-order valence-electron chi connectivity index (χ1n) is 11.1. The Bertz CT molecular complexity index is 1050. The van der Waals surface area contributed by atoms with E-state index < -0.39 is 0 Å². The third-order valence-corrected chi connectivity index (χ3v) is 6.26. The summed E-state index contributed by atoms with van der Waals surface area (Å²) in [6.07, 6.45) is 1.82. The molecule has 0 spiro atoms. The Morgan fingerprint density at radius 3 is 2.53 bits per heavy atom. The van der Waals surface area contributed by atoms with Gasteiger partial charge in [-0.05, 0) is 48.7 Å². The van der Waals surface area contributed by atoms with Gasteiger partial charge >= 0.3 is 6.03 Å². The molecule has 1 unspecified atom stereocenters. The van der Waals surface area contributed by atoms with Crippen molar-refractivity contribution < 1.29 is 9.53 Å². The maximum Gasteiger partial charge on any atom is 0.319 e. The van der Waals surface area contributed by atoms with Gasteiger partial charge in [0, 0.05) is 25.0 Å². The molecule has 5 nitrogen and oxygen atoms in total. The Morgan fingerprint density at radius 1 is 1.00 bits per heavy atom. The lowest BCUT2D eigenvalue weighted by molar-refractivity contribution is 0.224. The molecule has 0 radical (unpaired) electrons. The number of benzene rings is 3. The average Bonchev–Trinajstić information content (AvgIpc) is 2.82. The van der Waals surface area contributed by atoms with Crippen LogP contribution >= 0.6 is 0 Å². The van der Waals surface area contributed by atoms with Crippen molar-refractivity contribution in [3.8, 4) is 5.75 Å². The number of fused-ring (bicyclic) bond motifs is 1. The summed E-state index contributed by atoms with van der Waals surface area (Å²) in [6, 6.07) is 26.7. The van der Waals surface area contributed by atoms with E-state index in [1.165, 1.54) is 16.7 Å². The van der Waals surface area contributed by atoms with Gasteiger partial charge < -0.3 is 20.3 Å². The molecule has 0 aliphatic carbocycles. The van der Waals surface area contributed by atoms with Crippen molar-refractivity contribution in [2.24, 2.45) is 0 Å². The van der Waals surface area contributed by atoms with E-state index in [4.69, 9.17) is 4.74 Å². The van der Waals surface area contributed by atoms with E-state index >= 15 is 0 Å². The quantitative estimate of drug-likeness (QED) is 0.518.